The van der Waals surface area contributed by atoms with Crippen LogP contribution in [0.3, 0.4) is 0 Å². The van der Waals surface area contributed by atoms with Gasteiger partial charge in [-0.05, 0) is 60.5 Å². The van der Waals surface area contributed by atoms with E-state index in [-0.39, 0.29) is 39.2 Å². The molecular weight excluding hydrogens is 536 g/mol. The van der Waals surface area contributed by atoms with Gasteiger partial charge in [-0.1, -0.05) is 18.0 Å². The molecule has 2 heterocycles. The van der Waals surface area contributed by atoms with Gasteiger partial charge in [-0.25, -0.2) is 9.17 Å². The Hall–Kier alpha value is -1.27. The number of primary amides is 1. The number of carbonyl (C=O) groups is 2. The molecule has 0 radical (unpaired) electrons. The summed E-state index contributed by atoms with van der Waals surface area (Å²) >= 11 is 8.97. The molecule has 33 heavy (non-hydrogen) atoms. The predicted octanol–water partition coefficient (Wildman–Crippen LogP) is 2.31. The molecule has 0 aromatic carbocycles. The molecule has 182 valence electrons. The van der Waals surface area contributed by atoms with E-state index in [1.165, 1.54) is 25.3 Å². The molecule has 4 rings (SSSR count). The number of amides is 2. The molecular formula is C21H28BrClN4O5S. The van der Waals surface area contributed by atoms with Crippen molar-refractivity contribution in [2.24, 2.45) is 11.7 Å². The second kappa shape index (κ2) is 9.77. The van der Waals surface area contributed by atoms with Crippen LogP contribution in [0.25, 0.3) is 0 Å². The fourth-order valence-corrected chi connectivity index (χ4v) is 6.63. The largest absolute Gasteiger partial charge is 0.367 e. The number of nitrogens with two attached hydrogens (primary N) is 1. The minimum absolute atomic E-state index is 0.0577. The van der Waals surface area contributed by atoms with E-state index in [9.17, 15) is 18.0 Å². The maximum atomic E-state index is 13.1. The Morgan fingerprint density at radius 1 is 1.15 bits per heavy atom. The second-order valence-electron chi connectivity index (χ2n) is 9.06. The van der Waals surface area contributed by atoms with E-state index in [4.69, 9.17) is 21.5 Å². The molecule has 3 fully saturated rings. The fraction of sp³-hybridized carbons (Fsp3) is 0.667. The summed E-state index contributed by atoms with van der Waals surface area (Å²) in [5, 5.41) is 0.103. The molecule has 1 aromatic rings. The standard InChI is InChI=1S/C21H28BrClN4O5S/c22-17-12-16(13-25-18(17)23)33(30,31)32-21(20(24)29)6-4-14(5-7-21)19(28)27-10-8-26(9-11-27)15-2-1-3-15/h12-15H,1-11H2,(H2,24,29). The number of pyridine rings is 1. The number of rotatable bonds is 6. The van der Waals surface area contributed by atoms with Crippen molar-refractivity contribution < 1.29 is 22.2 Å². The molecule has 2 N–H and O–H groups in total. The van der Waals surface area contributed by atoms with Crippen LogP contribution in [-0.4, -0.2) is 72.8 Å². The van der Waals surface area contributed by atoms with Crippen LogP contribution in [0.2, 0.25) is 5.15 Å². The highest BCUT2D eigenvalue weighted by Crippen LogP contribution is 2.38. The molecule has 0 atom stereocenters. The zero-order valence-electron chi connectivity index (χ0n) is 18.2. The van der Waals surface area contributed by atoms with Gasteiger partial charge in [0.25, 0.3) is 16.0 Å². The first-order valence-corrected chi connectivity index (χ1v) is 13.8. The predicted molar refractivity (Wildman–Crippen MR) is 125 cm³/mol. The zero-order chi connectivity index (χ0) is 23.8. The summed E-state index contributed by atoms with van der Waals surface area (Å²) in [5.41, 5.74) is 3.90. The molecule has 0 bridgehead atoms. The van der Waals surface area contributed by atoms with E-state index < -0.39 is 21.6 Å². The Morgan fingerprint density at radius 3 is 2.30 bits per heavy atom. The first-order valence-electron chi connectivity index (χ1n) is 11.2. The number of hydrogen-bond donors (Lipinski definition) is 1. The minimum Gasteiger partial charge on any atom is -0.367 e. The molecule has 12 heteroatoms. The lowest BCUT2D eigenvalue weighted by Gasteiger charge is -2.44. The fourth-order valence-electron chi connectivity index (χ4n) is 4.82. The highest BCUT2D eigenvalue weighted by Gasteiger charge is 2.47. The zero-order valence-corrected chi connectivity index (χ0v) is 21.4. The smallest absolute Gasteiger partial charge is 0.299 e. The maximum absolute atomic E-state index is 13.1. The number of hydrogen-bond acceptors (Lipinski definition) is 7. The Morgan fingerprint density at radius 2 is 1.79 bits per heavy atom. The summed E-state index contributed by atoms with van der Waals surface area (Å²) < 4.78 is 31.4. The van der Waals surface area contributed by atoms with Crippen LogP contribution in [0.15, 0.2) is 21.6 Å². The van der Waals surface area contributed by atoms with Crippen molar-refractivity contribution in [3.8, 4) is 0 Å². The third-order valence-corrected chi connectivity index (χ3v) is 9.61. The Kier molecular flexibility index (Phi) is 7.35. The van der Waals surface area contributed by atoms with Crippen LogP contribution in [0.1, 0.15) is 44.9 Å². The monoisotopic (exact) mass is 562 g/mol. The Balaban J connectivity index is 1.38. The lowest BCUT2D eigenvalue weighted by Crippen LogP contribution is -2.56. The minimum atomic E-state index is -4.33. The van der Waals surface area contributed by atoms with Crippen LogP contribution in [0.5, 0.6) is 0 Å². The molecule has 2 amide bonds. The van der Waals surface area contributed by atoms with Crippen LogP contribution in [0, 0.1) is 5.92 Å². The van der Waals surface area contributed by atoms with Crippen LogP contribution in [-0.2, 0) is 23.9 Å². The lowest BCUT2D eigenvalue weighted by molar-refractivity contribution is -0.145. The van der Waals surface area contributed by atoms with Crippen molar-refractivity contribution in [1.29, 1.82) is 0 Å². The van der Waals surface area contributed by atoms with Crippen LogP contribution < -0.4 is 5.73 Å². The molecule has 2 saturated carbocycles. The number of piperazine rings is 1. The van der Waals surface area contributed by atoms with Gasteiger partial charge in [0.2, 0.25) is 5.91 Å². The van der Waals surface area contributed by atoms with E-state index in [0.29, 0.717) is 32.0 Å². The van der Waals surface area contributed by atoms with Crippen LogP contribution >= 0.6 is 27.5 Å². The van der Waals surface area contributed by atoms with E-state index in [0.717, 1.165) is 19.3 Å². The highest BCUT2D eigenvalue weighted by molar-refractivity contribution is 9.10. The molecule has 1 saturated heterocycles. The highest BCUT2D eigenvalue weighted by atomic mass is 79.9. The van der Waals surface area contributed by atoms with Gasteiger partial charge < -0.3 is 10.6 Å². The number of aromatic nitrogens is 1. The van der Waals surface area contributed by atoms with Gasteiger partial charge >= 0.3 is 0 Å². The summed E-state index contributed by atoms with van der Waals surface area (Å²) in [4.78, 5) is 33.3. The number of halogens is 2. The van der Waals surface area contributed by atoms with E-state index >= 15 is 0 Å². The van der Waals surface area contributed by atoms with Crippen molar-refractivity contribution in [1.82, 2.24) is 14.8 Å². The average Bonchev–Trinajstić information content (AvgIpc) is 2.74. The summed E-state index contributed by atoms with van der Waals surface area (Å²) in [6.45, 7) is 3.19. The molecule has 0 unspecified atom stereocenters. The van der Waals surface area contributed by atoms with Crippen molar-refractivity contribution in [2.75, 3.05) is 26.2 Å². The third kappa shape index (κ3) is 5.22. The second-order valence-corrected chi connectivity index (χ2v) is 11.8. The first-order chi connectivity index (χ1) is 15.6. The van der Waals surface area contributed by atoms with Crippen molar-refractivity contribution >= 4 is 49.5 Å². The van der Waals surface area contributed by atoms with E-state index in [1.807, 2.05) is 4.90 Å². The topological polar surface area (TPSA) is 123 Å². The normalized spacial score (nSPS) is 27.2. The molecule has 2 aliphatic carbocycles. The molecule has 0 spiro atoms. The van der Waals surface area contributed by atoms with Crippen LogP contribution in [0.4, 0.5) is 0 Å². The number of nitrogens with zero attached hydrogens (tertiary/aromatic N) is 3. The molecule has 1 aromatic heterocycles. The summed E-state index contributed by atoms with van der Waals surface area (Å²) in [6, 6.07) is 1.93. The average molecular weight is 564 g/mol. The van der Waals surface area contributed by atoms with Gasteiger partial charge in [-0.15, -0.1) is 0 Å². The van der Waals surface area contributed by atoms with E-state index in [1.54, 1.807) is 0 Å². The molecule has 9 nitrogen and oxygen atoms in total. The SMILES string of the molecule is NC(=O)C1(OS(=O)(=O)c2cnc(Cl)c(Br)c2)CCC(C(=O)N2CCN(C3CCC3)CC2)CC1. The van der Waals surface area contributed by atoms with Gasteiger partial charge in [0.15, 0.2) is 5.60 Å². The number of carbonyl (C=O) groups excluding carboxylic acids is 2. The van der Waals surface area contributed by atoms with Gasteiger partial charge in [0.05, 0.1) is 4.47 Å². The quantitative estimate of drug-likeness (QED) is 0.416. The van der Waals surface area contributed by atoms with Gasteiger partial charge in [-0.3, -0.25) is 14.5 Å². The Bertz CT molecular complexity index is 1020. The lowest BCUT2D eigenvalue weighted by atomic mass is 9.78. The Labute approximate surface area is 207 Å². The van der Waals surface area contributed by atoms with Gasteiger partial charge in [0.1, 0.15) is 10.0 Å². The summed E-state index contributed by atoms with van der Waals surface area (Å²) in [7, 11) is -4.33. The third-order valence-electron chi connectivity index (χ3n) is 7.14. The summed E-state index contributed by atoms with van der Waals surface area (Å²) in [5.74, 6) is -1.06. The van der Waals surface area contributed by atoms with Crippen molar-refractivity contribution in [3.63, 3.8) is 0 Å². The first kappa shape index (κ1) is 24.8. The van der Waals surface area contributed by atoms with Crippen molar-refractivity contribution in [3.05, 3.63) is 21.9 Å². The molecule has 3 aliphatic rings. The van der Waals surface area contributed by atoms with Gasteiger partial charge in [-0.2, -0.15) is 8.42 Å². The summed E-state index contributed by atoms with van der Waals surface area (Å²) in [6.07, 6.45) is 5.64. The molecule has 1 aliphatic heterocycles. The van der Waals surface area contributed by atoms with Crippen molar-refractivity contribution in [2.45, 2.75) is 61.5 Å². The van der Waals surface area contributed by atoms with Gasteiger partial charge in [0, 0.05) is 44.3 Å². The maximum Gasteiger partial charge on any atom is 0.299 e. The van der Waals surface area contributed by atoms with E-state index in [2.05, 4.69) is 25.8 Å².